The minimum Gasteiger partial charge on any atom is -0.456 e. The van der Waals surface area contributed by atoms with E-state index in [1.165, 1.54) is 23.1 Å². The van der Waals surface area contributed by atoms with Crippen molar-refractivity contribution in [3.8, 4) is 28.8 Å². The van der Waals surface area contributed by atoms with E-state index in [0.29, 0.717) is 26.5 Å². The molecule has 0 bridgehead atoms. The minimum absolute atomic E-state index is 0.260. The second-order valence-electron chi connectivity index (χ2n) is 5.03. The number of H-pyrrole nitrogens is 1. The van der Waals surface area contributed by atoms with Crippen molar-refractivity contribution in [2.24, 2.45) is 0 Å². The number of ether oxygens (including phenoxy) is 1. The van der Waals surface area contributed by atoms with E-state index in [4.69, 9.17) is 4.74 Å². The van der Waals surface area contributed by atoms with Crippen LogP contribution in [0.25, 0.3) is 17.3 Å². The van der Waals surface area contributed by atoms with Crippen molar-refractivity contribution >= 4 is 31.9 Å². The van der Waals surface area contributed by atoms with Gasteiger partial charge in [-0.3, -0.25) is 4.98 Å². The van der Waals surface area contributed by atoms with E-state index >= 15 is 0 Å². The van der Waals surface area contributed by atoms with Gasteiger partial charge in [-0.05, 0) is 49.2 Å². The molecule has 0 aliphatic heterocycles. The van der Waals surface area contributed by atoms with Crippen LogP contribution in [0.3, 0.4) is 0 Å². The van der Waals surface area contributed by atoms with Crippen LogP contribution in [0.15, 0.2) is 51.9 Å². The fourth-order valence-electron chi connectivity index (χ4n) is 2.12. The lowest BCUT2D eigenvalue weighted by molar-refractivity contribution is 0.473. The zero-order chi connectivity index (χ0) is 18.1. The Balaban J connectivity index is 1.65. The molecule has 0 unspecified atom stereocenters. The van der Waals surface area contributed by atoms with Crippen molar-refractivity contribution in [1.82, 2.24) is 35.2 Å². The molecule has 8 nitrogen and oxygen atoms in total. The third kappa shape index (κ3) is 3.48. The van der Waals surface area contributed by atoms with Gasteiger partial charge in [0, 0.05) is 24.4 Å². The number of nitrogens with zero attached hydrogens (tertiary/aromatic N) is 6. The average Bonchev–Trinajstić information content (AvgIpc) is 3.23. The number of benzene rings is 1. The summed E-state index contributed by atoms with van der Waals surface area (Å²) in [4.78, 5) is 12.3. The highest BCUT2D eigenvalue weighted by Crippen LogP contribution is 2.25. The largest absolute Gasteiger partial charge is 0.456 e. The molecular weight excluding hydrogens is 473 g/mol. The van der Waals surface area contributed by atoms with E-state index in [-0.39, 0.29) is 11.6 Å². The third-order valence-electron chi connectivity index (χ3n) is 3.20. The molecule has 11 heteroatoms. The SMILES string of the molecule is Fc1cc(Oc2cccnc2)cc(-n2nnc(-c3nc(Br)c(Br)[nH]3)n2)c1. The molecule has 0 aliphatic rings. The van der Waals surface area contributed by atoms with Crippen molar-refractivity contribution in [2.45, 2.75) is 0 Å². The summed E-state index contributed by atoms with van der Waals surface area (Å²) in [5.41, 5.74) is 0.354. The molecule has 1 N–H and O–H groups in total. The monoisotopic (exact) mass is 479 g/mol. The van der Waals surface area contributed by atoms with E-state index in [0.717, 1.165) is 0 Å². The van der Waals surface area contributed by atoms with Gasteiger partial charge in [0.05, 0.1) is 11.9 Å². The van der Waals surface area contributed by atoms with Crippen molar-refractivity contribution < 1.29 is 9.13 Å². The van der Waals surface area contributed by atoms with Gasteiger partial charge in [0.1, 0.15) is 26.5 Å². The van der Waals surface area contributed by atoms with Crippen LogP contribution in [0.4, 0.5) is 4.39 Å². The molecule has 0 radical (unpaired) electrons. The summed E-state index contributed by atoms with van der Waals surface area (Å²) in [6, 6.07) is 7.57. The van der Waals surface area contributed by atoms with Gasteiger partial charge in [0.2, 0.25) is 5.82 Å². The van der Waals surface area contributed by atoms with E-state index in [1.54, 1.807) is 24.4 Å². The van der Waals surface area contributed by atoms with Gasteiger partial charge in [-0.1, -0.05) is 0 Å². The van der Waals surface area contributed by atoms with Crippen LogP contribution in [-0.4, -0.2) is 35.2 Å². The third-order valence-corrected chi connectivity index (χ3v) is 4.88. The lowest BCUT2D eigenvalue weighted by Crippen LogP contribution is -2.00. The predicted molar refractivity (Wildman–Crippen MR) is 96.4 cm³/mol. The van der Waals surface area contributed by atoms with Crippen molar-refractivity contribution in [1.29, 1.82) is 0 Å². The average molecular weight is 481 g/mol. The van der Waals surface area contributed by atoms with Crippen LogP contribution in [0, 0.1) is 5.82 Å². The maximum Gasteiger partial charge on any atom is 0.240 e. The van der Waals surface area contributed by atoms with Crippen LogP contribution in [0.5, 0.6) is 11.5 Å². The van der Waals surface area contributed by atoms with E-state index in [9.17, 15) is 4.39 Å². The van der Waals surface area contributed by atoms with E-state index in [2.05, 4.69) is 62.2 Å². The first-order valence-corrected chi connectivity index (χ1v) is 8.77. The first kappa shape index (κ1) is 16.8. The number of imidazole rings is 1. The Bertz CT molecular complexity index is 1050. The number of tetrazole rings is 1. The van der Waals surface area contributed by atoms with Crippen LogP contribution < -0.4 is 4.74 Å². The predicted octanol–water partition coefficient (Wildman–Crippen LogP) is 3.90. The van der Waals surface area contributed by atoms with Gasteiger partial charge < -0.3 is 9.72 Å². The highest BCUT2D eigenvalue weighted by Gasteiger charge is 2.14. The highest BCUT2D eigenvalue weighted by atomic mass is 79.9. The van der Waals surface area contributed by atoms with Crippen molar-refractivity contribution in [2.75, 3.05) is 0 Å². The Hall–Kier alpha value is -2.66. The number of pyridine rings is 1. The molecule has 0 aliphatic carbocycles. The van der Waals surface area contributed by atoms with Crippen molar-refractivity contribution in [3.63, 3.8) is 0 Å². The number of halogens is 3. The minimum atomic E-state index is -0.497. The smallest absolute Gasteiger partial charge is 0.240 e. The number of hydrogen-bond donors (Lipinski definition) is 1. The number of rotatable bonds is 4. The van der Waals surface area contributed by atoms with Gasteiger partial charge >= 0.3 is 0 Å². The second kappa shape index (κ2) is 6.92. The van der Waals surface area contributed by atoms with Crippen LogP contribution >= 0.6 is 31.9 Å². The molecule has 0 saturated heterocycles. The Morgan fingerprint density at radius 2 is 2.04 bits per heavy atom. The normalized spacial score (nSPS) is 10.9. The van der Waals surface area contributed by atoms with E-state index < -0.39 is 5.82 Å². The Kier molecular flexibility index (Phi) is 4.47. The van der Waals surface area contributed by atoms with Gasteiger partial charge in [-0.25, -0.2) is 9.37 Å². The molecule has 1 aromatic carbocycles. The zero-order valence-corrected chi connectivity index (χ0v) is 15.9. The second-order valence-corrected chi connectivity index (χ2v) is 6.57. The molecule has 0 saturated carbocycles. The topological polar surface area (TPSA) is 94.4 Å². The quantitative estimate of drug-likeness (QED) is 0.476. The Morgan fingerprint density at radius 3 is 2.77 bits per heavy atom. The molecule has 3 heterocycles. The maximum absolute atomic E-state index is 14.0. The van der Waals surface area contributed by atoms with Crippen LogP contribution in [0.2, 0.25) is 0 Å². The maximum atomic E-state index is 14.0. The Labute approximate surface area is 162 Å². The summed E-state index contributed by atoms with van der Waals surface area (Å²) in [6.45, 7) is 0. The molecule has 130 valence electrons. The highest BCUT2D eigenvalue weighted by molar-refractivity contribution is 9.13. The molecule has 26 heavy (non-hydrogen) atoms. The molecule has 0 spiro atoms. The van der Waals surface area contributed by atoms with Gasteiger partial charge in [-0.15, -0.1) is 15.0 Å². The zero-order valence-electron chi connectivity index (χ0n) is 12.8. The van der Waals surface area contributed by atoms with Crippen LogP contribution in [-0.2, 0) is 0 Å². The fourth-order valence-corrected chi connectivity index (χ4v) is 2.67. The number of nitrogens with one attached hydrogen (secondary N) is 1. The lowest BCUT2D eigenvalue weighted by atomic mass is 10.3. The summed E-state index contributed by atoms with van der Waals surface area (Å²) in [5, 5.41) is 12.1. The molecule has 0 amide bonds. The fraction of sp³-hybridized carbons (Fsp3) is 0. The summed E-state index contributed by atoms with van der Waals surface area (Å²) >= 11 is 6.57. The first-order chi connectivity index (χ1) is 12.6. The van der Waals surface area contributed by atoms with Crippen LogP contribution in [0.1, 0.15) is 0 Å². The summed E-state index contributed by atoms with van der Waals surface area (Å²) < 4.78 is 20.8. The first-order valence-electron chi connectivity index (χ1n) is 7.19. The summed E-state index contributed by atoms with van der Waals surface area (Å²) in [5.74, 6) is 0.953. The van der Waals surface area contributed by atoms with Gasteiger partial charge in [0.15, 0.2) is 5.82 Å². The number of hydrogen-bond acceptors (Lipinski definition) is 6. The Morgan fingerprint density at radius 1 is 1.15 bits per heavy atom. The molecule has 0 atom stereocenters. The molecule has 0 fully saturated rings. The van der Waals surface area contributed by atoms with E-state index in [1.807, 2.05) is 0 Å². The molecule has 3 aromatic heterocycles. The van der Waals surface area contributed by atoms with Gasteiger partial charge in [-0.2, -0.15) is 0 Å². The lowest BCUT2D eigenvalue weighted by Gasteiger charge is -2.07. The molecule has 4 aromatic rings. The number of aromatic amines is 1. The standard InChI is InChI=1S/C15H8Br2FN7O/c16-12-13(17)21-14(20-12)15-22-24-25(23-15)9-4-8(18)5-11(6-9)26-10-2-1-3-19-7-10/h1-7H,(H,20,21). The van der Waals surface area contributed by atoms with Crippen molar-refractivity contribution in [3.05, 3.63) is 57.7 Å². The van der Waals surface area contributed by atoms with Gasteiger partial charge in [0.25, 0.3) is 0 Å². The molecule has 4 rings (SSSR count). The molecular formula is C15H8Br2FN7O. The number of aromatic nitrogens is 7. The summed E-state index contributed by atoms with van der Waals surface area (Å²) in [7, 11) is 0. The summed E-state index contributed by atoms with van der Waals surface area (Å²) in [6.07, 6.45) is 3.15.